The topological polar surface area (TPSA) is 25.2 Å². The van der Waals surface area contributed by atoms with E-state index in [0.29, 0.717) is 0 Å². The Morgan fingerprint density at radius 2 is 1.90 bits per heavy atom. The Morgan fingerprint density at radius 1 is 1.10 bits per heavy atom. The Bertz CT molecular complexity index is 521. The molecule has 0 unspecified atom stereocenters. The van der Waals surface area contributed by atoms with Gasteiger partial charge in [0.2, 0.25) is 0 Å². The Morgan fingerprint density at radius 3 is 2.75 bits per heavy atom. The van der Waals surface area contributed by atoms with Crippen molar-refractivity contribution in [2.24, 2.45) is 0 Å². The summed E-state index contributed by atoms with van der Waals surface area (Å²) in [7, 11) is 0. The molecule has 2 nitrogen and oxygen atoms in total. The predicted octanol–water partition coefficient (Wildman–Crippen LogP) is 4.75. The molecule has 2 rings (SSSR count). The number of rotatable bonds is 9. The van der Waals surface area contributed by atoms with E-state index < -0.39 is 0 Å². The minimum Gasteiger partial charge on any atom is -0.461 e. The van der Waals surface area contributed by atoms with Gasteiger partial charge in [-0.25, -0.2) is 0 Å². The highest BCUT2D eigenvalue weighted by Gasteiger charge is 2.09. The molecule has 0 amide bonds. The lowest BCUT2D eigenvalue weighted by Gasteiger charge is -2.04. The van der Waals surface area contributed by atoms with E-state index in [-0.39, 0.29) is 0 Å². The molecule has 0 aliphatic carbocycles. The average molecular weight is 291 g/mol. The smallest absolute Gasteiger partial charge is 0.134 e. The summed E-state index contributed by atoms with van der Waals surface area (Å²) in [6, 6.07) is 8.28. The highest BCUT2D eigenvalue weighted by molar-refractivity contribution is 7.98. The van der Waals surface area contributed by atoms with Crippen molar-refractivity contribution in [3.8, 4) is 0 Å². The summed E-state index contributed by atoms with van der Waals surface area (Å²) in [5, 5.41) is 4.79. The molecule has 2 aromatic rings. The van der Waals surface area contributed by atoms with Gasteiger partial charge in [-0.3, -0.25) is 0 Å². The molecule has 0 atom stereocenters. The third kappa shape index (κ3) is 4.29. The van der Waals surface area contributed by atoms with Crippen LogP contribution < -0.4 is 5.32 Å². The predicted molar refractivity (Wildman–Crippen MR) is 89.5 cm³/mol. The molecular formula is C17H25NOS. The van der Waals surface area contributed by atoms with Gasteiger partial charge in [0.15, 0.2) is 0 Å². The molecule has 20 heavy (non-hydrogen) atoms. The van der Waals surface area contributed by atoms with Gasteiger partial charge in [0.25, 0.3) is 0 Å². The lowest BCUT2D eigenvalue weighted by atomic mass is 10.1. The number of hydrogen-bond donors (Lipinski definition) is 1. The first kappa shape index (κ1) is 15.5. The number of furan rings is 1. The van der Waals surface area contributed by atoms with Crippen molar-refractivity contribution in [2.75, 3.05) is 18.6 Å². The molecule has 3 heteroatoms. The summed E-state index contributed by atoms with van der Waals surface area (Å²) in [6.07, 6.45) is 7.49. The number of unbranched alkanes of at least 4 members (excludes halogenated alkanes) is 3. The van der Waals surface area contributed by atoms with Crippen LogP contribution in [0.15, 0.2) is 28.7 Å². The first-order valence-corrected chi connectivity index (χ1v) is 8.89. The van der Waals surface area contributed by atoms with Gasteiger partial charge < -0.3 is 9.73 Å². The molecule has 0 aliphatic heterocycles. The molecule has 1 N–H and O–H groups in total. The summed E-state index contributed by atoms with van der Waals surface area (Å²) in [6.45, 7) is 4.06. The number of fused-ring (bicyclic) bond motifs is 1. The minimum atomic E-state index is 0.910. The zero-order valence-electron chi connectivity index (χ0n) is 12.6. The fourth-order valence-electron chi connectivity index (χ4n) is 2.50. The Kier molecular flexibility index (Phi) is 6.48. The molecule has 1 aromatic heterocycles. The Balaban J connectivity index is 1.72. The van der Waals surface area contributed by atoms with Gasteiger partial charge in [0.05, 0.1) is 0 Å². The fourth-order valence-corrected chi connectivity index (χ4v) is 3.00. The van der Waals surface area contributed by atoms with Crippen LogP contribution in [0.5, 0.6) is 0 Å². The molecule has 0 aliphatic rings. The first-order valence-electron chi connectivity index (χ1n) is 7.49. The van der Waals surface area contributed by atoms with Crippen molar-refractivity contribution < 1.29 is 4.42 Å². The highest BCUT2D eigenvalue weighted by Crippen LogP contribution is 2.24. The van der Waals surface area contributed by atoms with Crippen LogP contribution in [0, 0.1) is 6.92 Å². The third-order valence-corrected chi connectivity index (χ3v) is 4.35. The van der Waals surface area contributed by atoms with Gasteiger partial charge in [0, 0.05) is 17.5 Å². The molecule has 110 valence electrons. The molecule has 0 fully saturated rings. The normalized spacial score (nSPS) is 11.3. The Hall–Kier alpha value is -0.930. The standard InChI is InChI=1S/C17H25NOS/c1-14-16(15-9-5-6-10-17(15)19-14)13-18-11-7-3-4-8-12-20-2/h5-6,9-10,18H,3-4,7-8,11-13H2,1-2H3. The molecule has 0 radical (unpaired) electrons. The summed E-state index contributed by atoms with van der Waals surface area (Å²) in [5.41, 5.74) is 2.31. The van der Waals surface area contributed by atoms with Gasteiger partial charge in [-0.1, -0.05) is 31.0 Å². The molecule has 1 aromatic carbocycles. The van der Waals surface area contributed by atoms with E-state index in [4.69, 9.17) is 4.42 Å². The first-order chi connectivity index (χ1) is 9.83. The second kappa shape index (κ2) is 8.38. The number of nitrogens with one attached hydrogen (secondary N) is 1. The Labute approximate surface area is 126 Å². The van der Waals surface area contributed by atoms with Crippen LogP contribution in [-0.2, 0) is 6.54 Å². The van der Waals surface area contributed by atoms with E-state index >= 15 is 0 Å². The molecular weight excluding hydrogens is 266 g/mol. The van der Waals surface area contributed by atoms with Crippen molar-refractivity contribution in [1.82, 2.24) is 5.32 Å². The lowest BCUT2D eigenvalue weighted by molar-refractivity contribution is 0.558. The minimum absolute atomic E-state index is 0.910. The number of benzene rings is 1. The average Bonchev–Trinajstić information content (AvgIpc) is 2.78. The number of aryl methyl sites for hydroxylation is 1. The van der Waals surface area contributed by atoms with Crippen LogP contribution in [0.25, 0.3) is 11.0 Å². The second-order valence-corrected chi connectivity index (χ2v) is 6.20. The maximum atomic E-state index is 5.78. The molecule has 0 bridgehead atoms. The molecule has 0 spiro atoms. The summed E-state index contributed by atoms with van der Waals surface area (Å²) < 4.78 is 5.78. The van der Waals surface area contributed by atoms with Crippen LogP contribution in [0.2, 0.25) is 0 Å². The SMILES string of the molecule is CSCCCCCCNCc1c(C)oc2ccccc12. The maximum Gasteiger partial charge on any atom is 0.134 e. The quantitative estimate of drug-likeness (QED) is 0.675. The molecule has 1 heterocycles. The van der Waals surface area contributed by atoms with Crippen molar-refractivity contribution in [2.45, 2.75) is 39.2 Å². The largest absolute Gasteiger partial charge is 0.461 e. The maximum absolute atomic E-state index is 5.78. The summed E-state index contributed by atoms with van der Waals surface area (Å²) in [4.78, 5) is 0. The molecule has 0 saturated heterocycles. The van der Waals surface area contributed by atoms with Crippen molar-refractivity contribution >= 4 is 22.7 Å². The van der Waals surface area contributed by atoms with Gasteiger partial charge in [-0.15, -0.1) is 0 Å². The van der Waals surface area contributed by atoms with E-state index in [1.165, 1.54) is 42.4 Å². The fraction of sp³-hybridized carbons (Fsp3) is 0.529. The zero-order chi connectivity index (χ0) is 14.2. The summed E-state index contributed by atoms with van der Waals surface area (Å²) >= 11 is 1.94. The van der Waals surface area contributed by atoms with Crippen LogP contribution >= 0.6 is 11.8 Å². The van der Waals surface area contributed by atoms with E-state index in [2.05, 4.69) is 30.6 Å². The summed E-state index contributed by atoms with van der Waals surface area (Å²) in [5.74, 6) is 2.34. The van der Waals surface area contributed by atoms with E-state index in [0.717, 1.165) is 24.4 Å². The highest BCUT2D eigenvalue weighted by atomic mass is 32.2. The van der Waals surface area contributed by atoms with Gasteiger partial charge in [-0.05, 0) is 44.4 Å². The lowest BCUT2D eigenvalue weighted by Crippen LogP contribution is -2.15. The van der Waals surface area contributed by atoms with Crippen LogP contribution in [0.1, 0.15) is 37.0 Å². The van der Waals surface area contributed by atoms with Gasteiger partial charge in [-0.2, -0.15) is 11.8 Å². The van der Waals surface area contributed by atoms with Gasteiger partial charge >= 0.3 is 0 Å². The van der Waals surface area contributed by atoms with Crippen molar-refractivity contribution in [3.63, 3.8) is 0 Å². The second-order valence-electron chi connectivity index (χ2n) is 5.22. The van der Waals surface area contributed by atoms with E-state index in [1.54, 1.807) is 0 Å². The van der Waals surface area contributed by atoms with Gasteiger partial charge in [0.1, 0.15) is 11.3 Å². The zero-order valence-corrected chi connectivity index (χ0v) is 13.4. The van der Waals surface area contributed by atoms with Crippen LogP contribution in [-0.4, -0.2) is 18.6 Å². The molecule has 0 saturated carbocycles. The monoisotopic (exact) mass is 291 g/mol. The van der Waals surface area contributed by atoms with Crippen molar-refractivity contribution in [1.29, 1.82) is 0 Å². The third-order valence-electron chi connectivity index (χ3n) is 3.65. The van der Waals surface area contributed by atoms with E-state index in [1.807, 2.05) is 23.9 Å². The van der Waals surface area contributed by atoms with Crippen molar-refractivity contribution in [3.05, 3.63) is 35.6 Å². The van der Waals surface area contributed by atoms with Crippen LogP contribution in [0.3, 0.4) is 0 Å². The number of hydrogen-bond acceptors (Lipinski definition) is 3. The number of para-hydroxylation sites is 1. The van der Waals surface area contributed by atoms with E-state index in [9.17, 15) is 0 Å². The van der Waals surface area contributed by atoms with Crippen LogP contribution in [0.4, 0.5) is 0 Å². The number of thioether (sulfide) groups is 1.